The van der Waals surface area contributed by atoms with Crippen LogP contribution in [0.3, 0.4) is 0 Å². The third kappa shape index (κ3) is 4.43. The van der Waals surface area contributed by atoms with Gasteiger partial charge in [-0.2, -0.15) is 0 Å². The second-order valence-corrected chi connectivity index (χ2v) is 7.62. The summed E-state index contributed by atoms with van der Waals surface area (Å²) in [6.07, 6.45) is 1.20. The average Bonchev–Trinajstić information content (AvgIpc) is 2.87. The van der Waals surface area contributed by atoms with Crippen molar-refractivity contribution in [1.82, 2.24) is 9.29 Å². The Morgan fingerprint density at radius 3 is 2.69 bits per heavy atom. The molecule has 0 bridgehead atoms. The number of ether oxygens (including phenoxy) is 2. The van der Waals surface area contributed by atoms with E-state index in [4.69, 9.17) is 9.47 Å². The van der Waals surface area contributed by atoms with E-state index in [9.17, 15) is 18.3 Å². The summed E-state index contributed by atoms with van der Waals surface area (Å²) in [5, 5.41) is 10.0. The number of nitrogens with one attached hydrogen (secondary N) is 1. The summed E-state index contributed by atoms with van der Waals surface area (Å²) in [5.41, 5.74) is -0.266. The van der Waals surface area contributed by atoms with Crippen LogP contribution >= 0.6 is 0 Å². The van der Waals surface area contributed by atoms with Gasteiger partial charge in [-0.1, -0.05) is 6.07 Å². The van der Waals surface area contributed by atoms with E-state index in [0.29, 0.717) is 24.7 Å². The van der Waals surface area contributed by atoms with Crippen molar-refractivity contribution in [2.75, 3.05) is 19.8 Å². The van der Waals surface area contributed by atoms with Crippen LogP contribution in [-0.4, -0.2) is 44.0 Å². The largest absolute Gasteiger partial charge is 0.490 e. The first-order valence-electron chi connectivity index (χ1n) is 8.18. The van der Waals surface area contributed by atoms with Crippen LogP contribution in [0.2, 0.25) is 0 Å². The number of hydrogen-bond donors (Lipinski definition) is 2. The fraction of sp³-hybridized carbons (Fsp3) is 0.353. The molecule has 0 aliphatic carbocycles. The number of aliphatic hydroxyl groups is 1. The van der Waals surface area contributed by atoms with Gasteiger partial charge in [0.05, 0.1) is 30.8 Å². The lowest BCUT2D eigenvalue weighted by atomic mass is 10.3. The normalized spacial score (nSPS) is 15.3. The molecular formula is C17H20N2O6S. The average molecular weight is 380 g/mol. The van der Waals surface area contributed by atoms with Crippen molar-refractivity contribution in [2.24, 2.45) is 0 Å². The number of sulfonamides is 1. The van der Waals surface area contributed by atoms with Crippen molar-refractivity contribution in [3.8, 4) is 11.5 Å². The highest BCUT2D eigenvalue weighted by Gasteiger charge is 2.20. The Labute approximate surface area is 151 Å². The van der Waals surface area contributed by atoms with Gasteiger partial charge in [-0.25, -0.2) is 13.1 Å². The van der Waals surface area contributed by atoms with Crippen LogP contribution in [0.15, 0.2) is 52.3 Å². The van der Waals surface area contributed by atoms with Crippen LogP contribution in [-0.2, 0) is 16.6 Å². The highest BCUT2D eigenvalue weighted by Crippen LogP contribution is 2.31. The molecule has 1 aliphatic rings. The van der Waals surface area contributed by atoms with E-state index in [0.717, 1.165) is 6.42 Å². The third-order valence-electron chi connectivity index (χ3n) is 3.84. The number of fused-ring (bicyclic) bond motifs is 1. The summed E-state index contributed by atoms with van der Waals surface area (Å²) < 4.78 is 39.5. The molecular weight excluding hydrogens is 360 g/mol. The topological polar surface area (TPSA) is 107 Å². The minimum atomic E-state index is -3.84. The second-order valence-electron chi connectivity index (χ2n) is 5.86. The fourth-order valence-electron chi connectivity index (χ4n) is 2.50. The maximum absolute atomic E-state index is 12.4. The molecule has 2 heterocycles. The number of benzene rings is 1. The molecule has 0 fully saturated rings. The summed E-state index contributed by atoms with van der Waals surface area (Å²) in [7, 11) is -3.84. The maximum atomic E-state index is 12.4. The molecule has 26 heavy (non-hydrogen) atoms. The van der Waals surface area contributed by atoms with Crippen LogP contribution in [0.4, 0.5) is 0 Å². The van der Waals surface area contributed by atoms with Gasteiger partial charge in [0, 0.05) is 31.3 Å². The Balaban J connectivity index is 1.66. The first-order chi connectivity index (χ1) is 12.5. The van der Waals surface area contributed by atoms with E-state index in [1.807, 2.05) is 0 Å². The first kappa shape index (κ1) is 18.4. The molecule has 2 N–H and O–H groups in total. The van der Waals surface area contributed by atoms with E-state index in [1.54, 1.807) is 18.2 Å². The van der Waals surface area contributed by atoms with Crippen molar-refractivity contribution in [3.05, 3.63) is 52.9 Å². The monoisotopic (exact) mass is 380 g/mol. The number of aliphatic hydroxyl groups excluding tert-OH is 1. The molecule has 0 amide bonds. The van der Waals surface area contributed by atoms with Crippen LogP contribution in [0.1, 0.15) is 6.42 Å². The lowest BCUT2D eigenvalue weighted by Crippen LogP contribution is -2.36. The molecule has 3 rings (SSSR count). The van der Waals surface area contributed by atoms with E-state index in [-0.39, 0.29) is 23.5 Å². The molecule has 0 spiro atoms. The Kier molecular flexibility index (Phi) is 5.60. The highest BCUT2D eigenvalue weighted by molar-refractivity contribution is 7.89. The number of nitrogens with zero attached hydrogens (tertiary/aromatic N) is 1. The van der Waals surface area contributed by atoms with Crippen LogP contribution in [0.5, 0.6) is 11.5 Å². The second kappa shape index (κ2) is 7.90. The van der Waals surface area contributed by atoms with Gasteiger partial charge < -0.3 is 19.1 Å². The molecule has 8 nitrogen and oxygen atoms in total. The summed E-state index contributed by atoms with van der Waals surface area (Å²) in [4.78, 5) is 11.6. The Hall–Kier alpha value is -2.36. The molecule has 0 radical (unpaired) electrons. The molecule has 1 aromatic heterocycles. The smallest absolute Gasteiger partial charge is 0.250 e. The fourth-order valence-corrected chi connectivity index (χ4v) is 3.59. The van der Waals surface area contributed by atoms with E-state index < -0.39 is 16.1 Å². The third-order valence-corrected chi connectivity index (χ3v) is 5.27. The van der Waals surface area contributed by atoms with E-state index in [2.05, 4.69) is 4.72 Å². The predicted molar refractivity (Wildman–Crippen MR) is 93.9 cm³/mol. The van der Waals surface area contributed by atoms with Gasteiger partial charge in [0.1, 0.15) is 0 Å². The number of hydrogen-bond acceptors (Lipinski definition) is 6. The van der Waals surface area contributed by atoms with Crippen LogP contribution in [0, 0.1) is 0 Å². The zero-order chi connectivity index (χ0) is 18.6. The van der Waals surface area contributed by atoms with Crippen molar-refractivity contribution in [1.29, 1.82) is 0 Å². The van der Waals surface area contributed by atoms with Gasteiger partial charge in [0.2, 0.25) is 10.0 Å². The number of aromatic nitrogens is 1. The molecule has 0 saturated carbocycles. The lowest BCUT2D eigenvalue weighted by Gasteiger charge is -2.14. The molecule has 1 unspecified atom stereocenters. The van der Waals surface area contributed by atoms with Crippen LogP contribution < -0.4 is 19.8 Å². The zero-order valence-corrected chi connectivity index (χ0v) is 14.8. The van der Waals surface area contributed by atoms with Crippen molar-refractivity contribution in [3.63, 3.8) is 0 Å². The Bertz CT molecular complexity index is 925. The maximum Gasteiger partial charge on any atom is 0.250 e. The van der Waals surface area contributed by atoms with Crippen molar-refractivity contribution < 1.29 is 23.0 Å². The summed E-state index contributed by atoms with van der Waals surface area (Å²) >= 11 is 0. The summed E-state index contributed by atoms with van der Waals surface area (Å²) in [6, 6.07) is 9.00. The molecule has 1 atom stereocenters. The van der Waals surface area contributed by atoms with Gasteiger partial charge in [-0.15, -0.1) is 0 Å². The lowest BCUT2D eigenvalue weighted by molar-refractivity contribution is 0.156. The summed E-state index contributed by atoms with van der Waals surface area (Å²) in [6.45, 7) is 0.734. The van der Waals surface area contributed by atoms with Gasteiger partial charge in [-0.3, -0.25) is 4.79 Å². The number of pyridine rings is 1. The predicted octanol–water partition coefficient (Wildman–Crippen LogP) is 0.349. The molecule has 1 aliphatic heterocycles. The minimum Gasteiger partial charge on any atom is -0.490 e. The van der Waals surface area contributed by atoms with Crippen LogP contribution in [0.25, 0.3) is 0 Å². The van der Waals surface area contributed by atoms with Gasteiger partial charge in [0.15, 0.2) is 11.5 Å². The zero-order valence-electron chi connectivity index (χ0n) is 14.0. The highest BCUT2D eigenvalue weighted by atomic mass is 32.2. The Morgan fingerprint density at radius 1 is 1.15 bits per heavy atom. The first-order valence-corrected chi connectivity index (χ1v) is 9.67. The van der Waals surface area contributed by atoms with Gasteiger partial charge in [-0.05, 0) is 18.2 Å². The van der Waals surface area contributed by atoms with Gasteiger partial charge >= 0.3 is 0 Å². The van der Waals surface area contributed by atoms with Gasteiger partial charge in [0.25, 0.3) is 5.56 Å². The molecule has 140 valence electrons. The number of rotatable bonds is 6. The van der Waals surface area contributed by atoms with Crippen molar-refractivity contribution >= 4 is 10.0 Å². The van der Waals surface area contributed by atoms with Crippen molar-refractivity contribution in [2.45, 2.75) is 24.0 Å². The SMILES string of the molecule is O=c1ccccn1CC(O)CNS(=O)(=O)c1ccc2c(c1)OCCCO2. The quantitative estimate of drug-likeness (QED) is 0.749. The minimum absolute atomic E-state index is 0.0106. The standard InChI is InChI=1S/C17H20N2O6S/c20-13(12-19-7-2-1-4-17(19)21)11-18-26(22,23)14-5-6-15-16(10-14)25-9-3-8-24-15/h1-2,4-7,10,13,18,20H,3,8-9,11-12H2. The molecule has 1 aromatic carbocycles. The molecule has 9 heteroatoms. The Morgan fingerprint density at radius 2 is 1.92 bits per heavy atom. The molecule has 2 aromatic rings. The van der Waals surface area contributed by atoms with E-state index in [1.165, 1.54) is 29.0 Å². The van der Waals surface area contributed by atoms with E-state index >= 15 is 0 Å². The summed E-state index contributed by atoms with van der Waals surface area (Å²) in [5.74, 6) is 0.881. The molecule has 0 saturated heterocycles.